The molecule has 2 atom stereocenters. The average Bonchev–Trinajstić information content (AvgIpc) is 2.29. The van der Waals surface area contributed by atoms with Crippen LogP contribution in [0, 0.1) is 0 Å². The molecule has 0 aromatic carbocycles. The van der Waals surface area contributed by atoms with Crippen molar-refractivity contribution in [2.24, 2.45) is 0 Å². The van der Waals surface area contributed by atoms with Crippen molar-refractivity contribution in [3.63, 3.8) is 0 Å². The molecule has 2 bridgehead atoms. The molecule has 2 saturated heterocycles. The Morgan fingerprint density at radius 3 is 2.44 bits per heavy atom. The van der Waals surface area contributed by atoms with E-state index in [1.165, 1.54) is 19.3 Å². The Morgan fingerprint density at radius 1 is 1.19 bits per heavy atom. The number of thioether (sulfide) groups is 1. The third-order valence-electron chi connectivity index (χ3n) is 3.55. The Bertz CT molecular complexity index is 359. The van der Waals surface area contributed by atoms with Crippen molar-refractivity contribution < 1.29 is 5.11 Å². The maximum Gasteiger partial charge on any atom is 0.160 e. The summed E-state index contributed by atoms with van der Waals surface area (Å²) >= 11 is 2.05. The number of rotatable bonds is 1. The third kappa shape index (κ3) is 1.84. The molecular weight excluding hydrogens is 220 g/mol. The van der Waals surface area contributed by atoms with E-state index in [4.69, 9.17) is 0 Å². The maximum absolute atomic E-state index is 10.7. The number of aromatic nitrogens is 2. The first-order valence-corrected chi connectivity index (χ1v) is 6.86. The van der Waals surface area contributed by atoms with E-state index in [9.17, 15) is 5.11 Å². The minimum absolute atomic E-state index is 0.598. The van der Waals surface area contributed by atoms with Gasteiger partial charge in [0.15, 0.2) is 5.82 Å². The van der Waals surface area contributed by atoms with Crippen molar-refractivity contribution in [1.29, 1.82) is 0 Å². The summed E-state index contributed by atoms with van der Waals surface area (Å²) in [4.78, 5) is 8.46. The summed E-state index contributed by atoms with van der Waals surface area (Å²) < 4.78 is 0. The lowest BCUT2D eigenvalue weighted by Crippen LogP contribution is -2.41. The van der Waals surface area contributed by atoms with Crippen LogP contribution in [-0.2, 0) is 5.60 Å². The van der Waals surface area contributed by atoms with Crippen LogP contribution in [0.3, 0.4) is 0 Å². The van der Waals surface area contributed by atoms with Gasteiger partial charge in [0.1, 0.15) is 5.60 Å². The average molecular weight is 236 g/mol. The second-order valence-electron chi connectivity index (χ2n) is 4.82. The Morgan fingerprint density at radius 2 is 1.81 bits per heavy atom. The Hall–Kier alpha value is -0.610. The van der Waals surface area contributed by atoms with E-state index in [2.05, 4.69) is 21.7 Å². The van der Waals surface area contributed by atoms with Crippen LogP contribution in [0.1, 0.15) is 37.9 Å². The zero-order valence-electron chi connectivity index (χ0n) is 9.17. The first-order chi connectivity index (χ1) is 7.76. The number of fused-ring (bicyclic) bond motifs is 2. The fourth-order valence-electron chi connectivity index (χ4n) is 2.84. The van der Waals surface area contributed by atoms with E-state index in [0.717, 1.165) is 12.8 Å². The molecule has 1 aromatic heterocycles. The molecule has 0 amide bonds. The van der Waals surface area contributed by atoms with Crippen molar-refractivity contribution in [2.75, 3.05) is 0 Å². The summed E-state index contributed by atoms with van der Waals surface area (Å²) in [6.07, 6.45) is 8.85. The second-order valence-corrected chi connectivity index (χ2v) is 6.43. The molecule has 0 saturated carbocycles. The largest absolute Gasteiger partial charge is 0.382 e. The third-order valence-corrected chi connectivity index (χ3v) is 5.12. The summed E-state index contributed by atoms with van der Waals surface area (Å²) in [5, 5.41) is 11.9. The van der Waals surface area contributed by atoms with E-state index < -0.39 is 5.60 Å². The summed E-state index contributed by atoms with van der Waals surface area (Å²) in [6.45, 7) is 0. The van der Waals surface area contributed by atoms with Gasteiger partial charge >= 0.3 is 0 Å². The van der Waals surface area contributed by atoms with Gasteiger partial charge in [0.05, 0.1) is 0 Å². The summed E-state index contributed by atoms with van der Waals surface area (Å²) in [6, 6.07) is 1.80. The van der Waals surface area contributed by atoms with Gasteiger partial charge in [-0.15, -0.1) is 0 Å². The highest BCUT2D eigenvalue weighted by molar-refractivity contribution is 8.00. The summed E-state index contributed by atoms with van der Waals surface area (Å²) in [5.74, 6) is 0.618. The van der Waals surface area contributed by atoms with E-state index in [-0.39, 0.29) is 0 Å². The van der Waals surface area contributed by atoms with Crippen molar-refractivity contribution in [2.45, 2.75) is 48.2 Å². The molecule has 2 aliphatic heterocycles. The van der Waals surface area contributed by atoms with Gasteiger partial charge in [-0.25, -0.2) is 9.97 Å². The van der Waals surface area contributed by atoms with Crippen LogP contribution in [0.5, 0.6) is 0 Å². The lowest BCUT2D eigenvalue weighted by molar-refractivity contribution is -0.000370. The highest BCUT2D eigenvalue weighted by Crippen LogP contribution is 2.48. The van der Waals surface area contributed by atoms with Gasteiger partial charge < -0.3 is 5.11 Å². The molecule has 0 spiro atoms. The SMILES string of the molecule is OC1(c2ncccn2)CC2CCCC(C1)S2. The highest BCUT2D eigenvalue weighted by atomic mass is 32.2. The molecule has 0 aliphatic carbocycles. The predicted octanol–water partition coefficient (Wildman–Crippen LogP) is 2.11. The number of aliphatic hydroxyl groups is 1. The van der Waals surface area contributed by atoms with E-state index in [0.29, 0.717) is 16.3 Å². The topological polar surface area (TPSA) is 46.0 Å². The molecule has 1 aromatic rings. The highest BCUT2D eigenvalue weighted by Gasteiger charge is 2.44. The van der Waals surface area contributed by atoms with Gasteiger partial charge in [0.2, 0.25) is 0 Å². The minimum Gasteiger partial charge on any atom is -0.382 e. The van der Waals surface area contributed by atoms with Crippen LogP contribution in [-0.4, -0.2) is 25.6 Å². The Labute approximate surface area is 99.7 Å². The zero-order chi connectivity index (χ0) is 11.0. The fraction of sp³-hybridized carbons (Fsp3) is 0.667. The maximum atomic E-state index is 10.7. The lowest BCUT2D eigenvalue weighted by atomic mass is 9.85. The molecule has 4 heteroatoms. The van der Waals surface area contributed by atoms with E-state index in [1.54, 1.807) is 18.5 Å². The van der Waals surface area contributed by atoms with Gasteiger partial charge in [0.25, 0.3) is 0 Å². The predicted molar refractivity (Wildman–Crippen MR) is 64.2 cm³/mol. The van der Waals surface area contributed by atoms with Crippen LogP contribution >= 0.6 is 11.8 Å². The molecule has 3 nitrogen and oxygen atoms in total. The number of hydrogen-bond acceptors (Lipinski definition) is 4. The summed E-state index contributed by atoms with van der Waals surface area (Å²) in [5.41, 5.74) is -0.776. The van der Waals surface area contributed by atoms with Crippen LogP contribution in [0.25, 0.3) is 0 Å². The lowest BCUT2D eigenvalue weighted by Gasteiger charge is -2.42. The van der Waals surface area contributed by atoms with Crippen LogP contribution in [0.15, 0.2) is 18.5 Å². The molecule has 3 rings (SSSR count). The van der Waals surface area contributed by atoms with E-state index in [1.807, 2.05) is 0 Å². The normalized spacial score (nSPS) is 38.3. The second kappa shape index (κ2) is 4.00. The van der Waals surface area contributed by atoms with Gasteiger partial charge in [-0.05, 0) is 31.7 Å². The number of nitrogens with zero attached hydrogens (tertiary/aromatic N) is 2. The standard InChI is InChI=1S/C12H16N2OS/c15-12(11-13-5-2-6-14-11)7-9-3-1-4-10(8-12)16-9/h2,5-6,9-10,15H,1,3-4,7-8H2. The molecule has 1 N–H and O–H groups in total. The zero-order valence-corrected chi connectivity index (χ0v) is 9.99. The first-order valence-electron chi connectivity index (χ1n) is 5.92. The molecule has 0 radical (unpaired) electrons. The van der Waals surface area contributed by atoms with Gasteiger partial charge in [-0.1, -0.05) is 6.42 Å². The molecule has 86 valence electrons. The minimum atomic E-state index is -0.776. The monoisotopic (exact) mass is 236 g/mol. The smallest absolute Gasteiger partial charge is 0.160 e. The van der Waals surface area contributed by atoms with Crippen molar-refractivity contribution >= 4 is 11.8 Å². The number of hydrogen-bond donors (Lipinski definition) is 1. The van der Waals surface area contributed by atoms with Gasteiger partial charge in [0, 0.05) is 22.9 Å². The molecule has 2 unspecified atom stereocenters. The Kier molecular flexibility index (Phi) is 2.64. The van der Waals surface area contributed by atoms with Crippen LogP contribution in [0.2, 0.25) is 0 Å². The van der Waals surface area contributed by atoms with Crippen LogP contribution in [0.4, 0.5) is 0 Å². The fourth-order valence-corrected chi connectivity index (χ4v) is 4.73. The van der Waals surface area contributed by atoms with Gasteiger partial charge in [-0.2, -0.15) is 11.8 Å². The molecule has 16 heavy (non-hydrogen) atoms. The quantitative estimate of drug-likeness (QED) is 0.811. The van der Waals surface area contributed by atoms with Crippen molar-refractivity contribution in [3.8, 4) is 0 Å². The van der Waals surface area contributed by atoms with Crippen molar-refractivity contribution in [3.05, 3.63) is 24.3 Å². The van der Waals surface area contributed by atoms with E-state index >= 15 is 0 Å². The van der Waals surface area contributed by atoms with Crippen molar-refractivity contribution in [1.82, 2.24) is 9.97 Å². The summed E-state index contributed by atoms with van der Waals surface area (Å²) in [7, 11) is 0. The molecule has 2 fully saturated rings. The Balaban J connectivity index is 1.88. The molecule has 2 aliphatic rings. The molecular formula is C12H16N2OS. The molecule has 3 heterocycles. The first kappa shape index (κ1) is 10.5. The van der Waals surface area contributed by atoms with Crippen LogP contribution < -0.4 is 0 Å². The van der Waals surface area contributed by atoms with Gasteiger partial charge in [-0.3, -0.25) is 0 Å².